The third-order valence-electron chi connectivity index (χ3n) is 2.50. The summed E-state index contributed by atoms with van der Waals surface area (Å²) in [6.07, 6.45) is 3.55. The van der Waals surface area contributed by atoms with Crippen molar-refractivity contribution in [3.8, 4) is 0 Å². The third-order valence-corrected chi connectivity index (χ3v) is 3.85. The molecule has 0 amide bonds. The maximum absolute atomic E-state index is 12.7. The van der Waals surface area contributed by atoms with Gasteiger partial charge in [-0.2, -0.15) is 0 Å². The highest BCUT2D eigenvalue weighted by Crippen LogP contribution is 2.21. The molecule has 0 fully saturated rings. The molecule has 18 heavy (non-hydrogen) atoms. The fourth-order valence-corrected chi connectivity index (χ4v) is 2.70. The number of alkyl halides is 1. The van der Waals surface area contributed by atoms with Gasteiger partial charge in [-0.25, -0.2) is 4.39 Å². The fraction of sp³-hybridized carbons (Fsp3) is 0.929. The zero-order chi connectivity index (χ0) is 14.0. The highest BCUT2D eigenvalue weighted by molar-refractivity contribution is 8.00. The van der Waals surface area contributed by atoms with Gasteiger partial charge >= 0.3 is 5.97 Å². The van der Waals surface area contributed by atoms with E-state index in [1.54, 1.807) is 18.7 Å². The molecule has 0 aliphatic rings. The van der Waals surface area contributed by atoms with Gasteiger partial charge in [-0.3, -0.25) is 4.79 Å². The van der Waals surface area contributed by atoms with E-state index >= 15 is 0 Å². The summed E-state index contributed by atoms with van der Waals surface area (Å²) in [6.45, 7) is 7.42. The highest BCUT2D eigenvalue weighted by Gasteiger charge is 2.20. The highest BCUT2D eigenvalue weighted by atomic mass is 32.2. The van der Waals surface area contributed by atoms with Crippen molar-refractivity contribution in [1.82, 2.24) is 0 Å². The first-order valence-corrected chi connectivity index (χ1v) is 7.98. The molecule has 0 aliphatic carbocycles. The summed E-state index contributed by atoms with van der Waals surface area (Å²) < 4.78 is 17.9. The van der Waals surface area contributed by atoms with Crippen LogP contribution in [0.4, 0.5) is 4.39 Å². The lowest BCUT2D eigenvalue weighted by atomic mass is 10.2. The molecule has 0 rings (SSSR count). The Morgan fingerprint density at radius 3 is 2.39 bits per heavy atom. The van der Waals surface area contributed by atoms with Gasteiger partial charge in [-0.1, -0.05) is 19.8 Å². The summed E-state index contributed by atoms with van der Waals surface area (Å²) >= 11 is 1.61. The van der Waals surface area contributed by atoms with E-state index in [1.807, 2.05) is 13.8 Å². The molecule has 0 aromatic rings. The first kappa shape index (κ1) is 17.8. The number of carbonyl (C=O) groups is 1. The van der Waals surface area contributed by atoms with Crippen molar-refractivity contribution in [2.75, 3.05) is 5.75 Å². The van der Waals surface area contributed by atoms with Crippen LogP contribution in [0.2, 0.25) is 0 Å². The maximum atomic E-state index is 12.7. The molecule has 0 saturated heterocycles. The van der Waals surface area contributed by atoms with E-state index in [9.17, 15) is 9.18 Å². The lowest BCUT2D eigenvalue weighted by Crippen LogP contribution is -2.24. The molecule has 2 nitrogen and oxygen atoms in total. The SMILES string of the molecule is CCCCC(SCCCC(C)F)C(=O)OC(C)C. The minimum Gasteiger partial charge on any atom is -0.462 e. The van der Waals surface area contributed by atoms with E-state index in [2.05, 4.69) is 6.92 Å². The topological polar surface area (TPSA) is 26.3 Å². The van der Waals surface area contributed by atoms with Gasteiger partial charge < -0.3 is 4.74 Å². The zero-order valence-corrected chi connectivity index (χ0v) is 12.9. The third kappa shape index (κ3) is 9.75. The number of carbonyl (C=O) groups excluding carboxylic acids is 1. The summed E-state index contributed by atoms with van der Waals surface area (Å²) in [5, 5.41) is -0.0812. The van der Waals surface area contributed by atoms with Gasteiger partial charge in [0.2, 0.25) is 0 Å². The molecule has 0 spiro atoms. The van der Waals surface area contributed by atoms with Crippen LogP contribution in [-0.4, -0.2) is 29.2 Å². The molecule has 0 heterocycles. The van der Waals surface area contributed by atoms with E-state index < -0.39 is 6.17 Å². The molecule has 2 unspecified atom stereocenters. The van der Waals surface area contributed by atoms with Gasteiger partial charge in [0.1, 0.15) is 5.25 Å². The van der Waals surface area contributed by atoms with Crippen LogP contribution in [-0.2, 0) is 9.53 Å². The van der Waals surface area contributed by atoms with E-state index in [0.717, 1.165) is 31.4 Å². The van der Waals surface area contributed by atoms with Crippen molar-refractivity contribution >= 4 is 17.7 Å². The lowest BCUT2D eigenvalue weighted by molar-refractivity contribution is -0.146. The number of thioether (sulfide) groups is 1. The van der Waals surface area contributed by atoms with Crippen LogP contribution in [0.3, 0.4) is 0 Å². The zero-order valence-electron chi connectivity index (χ0n) is 12.1. The van der Waals surface area contributed by atoms with Gasteiger partial charge in [-0.05, 0) is 45.8 Å². The van der Waals surface area contributed by atoms with Crippen LogP contribution < -0.4 is 0 Å². The van der Waals surface area contributed by atoms with Crippen LogP contribution in [0, 0.1) is 0 Å². The first-order valence-electron chi connectivity index (χ1n) is 6.93. The Kier molecular flexibility index (Phi) is 10.5. The summed E-state index contributed by atoms with van der Waals surface area (Å²) in [7, 11) is 0. The molecule has 2 atom stereocenters. The Balaban J connectivity index is 4.01. The molecule has 0 bridgehead atoms. The van der Waals surface area contributed by atoms with Crippen LogP contribution in [0.25, 0.3) is 0 Å². The first-order chi connectivity index (χ1) is 8.47. The quantitative estimate of drug-likeness (QED) is 0.438. The molecule has 0 aromatic carbocycles. The van der Waals surface area contributed by atoms with Crippen LogP contribution in [0.15, 0.2) is 0 Å². The lowest BCUT2D eigenvalue weighted by Gasteiger charge is -2.17. The summed E-state index contributed by atoms with van der Waals surface area (Å²) in [5.74, 6) is 0.715. The van der Waals surface area contributed by atoms with Crippen LogP contribution in [0.1, 0.15) is 59.8 Å². The van der Waals surface area contributed by atoms with Crippen molar-refractivity contribution < 1.29 is 13.9 Å². The normalized spacial score (nSPS) is 14.6. The van der Waals surface area contributed by atoms with E-state index in [-0.39, 0.29) is 17.3 Å². The summed E-state index contributed by atoms with van der Waals surface area (Å²) in [5.41, 5.74) is 0. The Morgan fingerprint density at radius 1 is 1.22 bits per heavy atom. The van der Waals surface area contributed by atoms with Crippen molar-refractivity contribution in [2.24, 2.45) is 0 Å². The summed E-state index contributed by atoms with van der Waals surface area (Å²) in [6, 6.07) is 0. The Labute approximate surface area is 115 Å². The van der Waals surface area contributed by atoms with Gasteiger partial charge in [-0.15, -0.1) is 11.8 Å². The molecular formula is C14H27FO2S. The summed E-state index contributed by atoms with van der Waals surface area (Å²) in [4.78, 5) is 11.9. The van der Waals surface area contributed by atoms with Gasteiger partial charge in [0.25, 0.3) is 0 Å². The van der Waals surface area contributed by atoms with Crippen molar-refractivity contribution in [1.29, 1.82) is 0 Å². The Morgan fingerprint density at radius 2 is 1.89 bits per heavy atom. The Hall–Kier alpha value is -0.250. The van der Waals surface area contributed by atoms with Gasteiger partial charge in [0, 0.05) is 0 Å². The van der Waals surface area contributed by atoms with E-state index in [0.29, 0.717) is 6.42 Å². The van der Waals surface area contributed by atoms with Crippen LogP contribution >= 0.6 is 11.8 Å². The second kappa shape index (κ2) is 10.7. The smallest absolute Gasteiger partial charge is 0.319 e. The molecular weight excluding hydrogens is 251 g/mol. The van der Waals surface area contributed by atoms with Crippen LogP contribution in [0.5, 0.6) is 0 Å². The minimum absolute atomic E-state index is 0.0620. The molecule has 108 valence electrons. The van der Waals surface area contributed by atoms with Crippen molar-refractivity contribution in [3.05, 3.63) is 0 Å². The number of unbranched alkanes of at least 4 members (excludes halogenated alkanes) is 1. The molecule has 0 aromatic heterocycles. The average molecular weight is 278 g/mol. The van der Waals surface area contributed by atoms with E-state index in [1.165, 1.54) is 0 Å². The van der Waals surface area contributed by atoms with Crippen molar-refractivity contribution in [3.63, 3.8) is 0 Å². The predicted molar refractivity (Wildman–Crippen MR) is 76.8 cm³/mol. The second-order valence-corrected chi connectivity index (χ2v) is 6.22. The Bertz CT molecular complexity index is 220. The van der Waals surface area contributed by atoms with Gasteiger partial charge in [0.05, 0.1) is 12.3 Å². The van der Waals surface area contributed by atoms with E-state index in [4.69, 9.17) is 4.74 Å². The largest absolute Gasteiger partial charge is 0.462 e. The predicted octanol–water partition coefficient (Wildman–Crippen LogP) is 4.37. The molecule has 0 aliphatic heterocycles. The number of rotatable bonds is 10. The number of hydrogen-bond donors (Lipinski definition) is 0. The monoisotopic (exact) mass is 278 g/mol. The molecule has 0 radical (unpaired) electrons. The average Bonchev–Trinajstić information content (AvgIpc) is 2.26. The number of hydrogen-bond acceptors (Lipinski definition) is 3. The fourth-order valence-electron chi connectivity index (χ4n) is 1.56. The molecule has 0 saturated carbocycles. The minimum atomic E-state index is -0.748. The second-order valence-electron chi connectivity index (χ2n) is 4.91. The number of halogens is 1. The number of ether oxygens (including phenoxy) is 1. The van der Waals surface area contributed by atoms with Gasteiger partial charge in [0.15, 0.2) is 0 Å². The molecule has 4 heteroatoms. The molecule has 0 N–H and O–H groups in total. The number of esters is 1. The van der Waals surface area contributed by atoms with Crippen molar-refractivity contribution in [2.45, 2.75) is 77.3 Å². The standard InChI is InChI=1S/C14H27FO2S/c1-5-6-9-13(14(16)17-11(2)3)18-10-7-8-12(4)15/h11-13H,5-10H2,1-4H3. The maximum Gasteiger partial charge on any atom is 0.319 e.